The highest BCUT2D eigenvalue weighted by Crippen LogP contribution is 2.68. The predicted molar refractivity (Wildman–Crippen MR) is 141 cm³/mol. The number of aromatic hydroxyl groups is 2. The molecule has 5 rings (SSSR count). The molecule has 0 radical (unpaired) electrons. The Morgan fingerprint density at radius 2 is 1.15 bits per heavy atom. The standard InChI is InChI=1S/C32H44O2/c1-17-11-24(29(33)26(13-17)31(3,4)5)21-10-9-20-19-15-22(23(16-19)28(20)21)25-12-18(2)14-27(30(25)34)32(6,7)8/h11-14,19-23,28,33-34H,9-10,15-16H2,1-8H3. The Balaban J connectivity index is 1.55. The van der Waals surface area contributed by atoms with Gasteiger partial charge in [0.1, 0.15) is 11.5 Å². The Morgan fingerprint density at radius 1 is 0.647 bits per heavy atom. The largest absolute Gasteiger partial charge is 0.507 e. The molecule has 0 aromatic heterocycles. The van der Waals surface area contributed by atoms with E-state index in [2.05, 4.69) is 79.7 Å². The van der Waals surface area contributed by atoms with Gasteiger partial charge in [0.25, 0.3) is 0 Å². The van der Waals surface area contributed by atoms with Crippen molar-refractivity contribution in [1.82, 2.24) is 0 Å². The first-order chi connectivity index (χ1) is 15.8. The number of aryl methyl sites for hydroxylation is 2. The maximum Gasteiger partial charge on any atom is 0.122 e. The lowest BCUT2D eigenvalue weighted by Gasteiger charge is -2.37. The lowest BCUT2D eigenvalue weighted by atomic mass is 9.68. The Bertz CT molecular complexity index is 1110. The minimum atomic E-state index is -0.0726. The molecule has 6 unspecified atom stereocenters. The average Bonchev–Trinajstić information content (AvgIpc) is 3.41. The van der Waals surface area contributed by atoms with Crippen LogP contribution in [0.1, 0.15) is 112 Å². The summed E-state index contributed by atoms with van der Waals surface area (Å²) in [5.74, 6) is 4.69. The number of benzene rings is 2. The van der Waals surface area contributed by atoms with E-state index in [4.69, 9.17) is 0 Å². The number of fused-ring (bicyclic) bond motifs is 5. The van der Waals surface area contributed by atoms with Crippen LogP contribution in [0.2, 0.25) is 0 Å². The zero-order valence-corrected chi connectivity index (χ0v) is 22.5. The van der Waals surface area contributed by atoms with Crippen molar-refractivity contribution >= 4 is 0 Å². The van der Waals surface area contributed by atoms with Crippen LogP contribution in [0.5, 0.6) is 11.5 Å². The molecular formula is C32H44O2. The van der Waals surface area contributed by atoms with Gasteiger partial charge in [-0.1, -0.05) is 76.9 Å². The molecule has 3 fully saturated rings. The third-order valence-corrected chi connectivity index (χ3v) is 9.50. The Hall–Kier alpha value is -1.96. The molecule has 6 atom stereocenters. The molecule has 3 aliphatic carbocycles. The first-order valence-corrected chi connectivity index (χ1v) is 13.5. The average molecular weight is 461 g/mol. The van der Waals surface area contributed by atoms with Crippen LogP contribution in [0, 0.1) is 37.5 Å². The summed E-state index contributed by atoms with van der Waals surface area (Å²) in [4.78, 5) is 0. The Morgan fingerprint density at radius 3 is 1.65 bits per heavy atom. The maximum atomic E-state index is 11.4. The Labute approximate surface area is 206 Å². The SMILES string of the molecule is Cc1cc(C2CC3CC2C2C(c4cc(C)cc(C(C)(C)C)c4O)CCC32)c(O)c(C(C)(C)C)c1. The molecule has 3 saturated carbocycles. The van der Waals surface area contributed by atoms with Gasteiger partial charge in [0.15, 0.2) is 0 Å². The molecule has 0 spiro atoms. The third-order valence-electron chi connectivity index (χ3n) is 9.50. The van der Waals surface area contributed by atoms with Gasteiger partial charge in [-0.3, -0.25) is 0 Å². The van der Waals surface area contributed by atoms with Gasteiger partial charge in [0, 0.05) is 0 Å². The van der Waals surface area contributed by atoms with E-state index in [9.17, 15) is 10.2 Å². The fourth-order valence-corrected chi connectivity index (χ4v) is 8.15. The van der Waals surface area contributed by atoms with Crippen molar-refractivity contribution in [3.05, 3.63) is 57.6 Å². The van der Waals surface area contributed by atoms with E-state index in [0.717, 1.165) is 23.0 Å². The molecule has 0 amide bonds. The van der Waals surface area contributed by atoms with E-state index in [0.29, 0.717) is 35.2 Å². The summed E-state index contributed by atoms with van der Waals surface area (Å²) < 4.78 is 0. The van der Waals surface area contributed by atoms with Crippen molar-refractivity contribution in [3.8, 4) is 11.5 Å². The number of hydrogen-bond acceptors (Lipinski definition) is 2. The lowest BCUT2D eigenvalue weighted by Crippen LogP contribution is -2.27. The van der Waals surface area contributed by atoms with Gasteiger partial charge in [0.2, 0.25) is 0 Å². The van der Waals surface area contributed by atoms with Gasteiger partial charge in [0.05, 0.1) is 0 Å². The second-order valence-electron chi connectivity index (χ2n) is 13.9. The zero-order valence-electron chi connectivity index (χ0n) is 22.5. The second kappa shape index (κ2) is 7.77. The molecule has 3 aliphatic rings. The van der Waals surface area contributed by atoms with Crippen molar-refractivity contribution in [2.75, 3.05) is 0 Å². The molecule has 2 aromatic carbocycles. The summed E-state index contributed by atoms with van der Waals surface area (Å²) >= 11 is 0. The molecule has 2 N–H and O–H groups in total. The van der Waals surface area contributed by atoms with Crippen LogP contribution in [0.15, 0.2) is 24.3 Å². The number of phenols is 2. The van der Waals surface area contributed by atoms with Gasteiger partial charge in [-0.05, 0) is 108 Å². The van der Waals surface area contributed by atoms with Gasteiger partial charge in [-0.25, -0.2) is 0 Å². The van der Waals surface area contributed by atoms with Crippen LogP contribution in [0.25, 0.3) is 0 Å². The van der Waals surface area contributed by atoms with E-state index >= 15 is 0 Å². The van der Waals surface area contributed by atoms with E-state index < -0.39 is 0 Å². The number of rotatable bonds is 2. The monoisotopic (exact) mass is 460 g/mol. The quantitative estimate of drug-likeness (QED) is 0.474. The highest BCUT2D eigenvalue weighted by molar-refractivity contribution is 5.51. The molecule has 2 heteroatoms. The highest BCUT2D eigenvalue weighted by Gasteiger charge is 2.58. The molecule has 2 nitrogen and oxygen atoms in total. The van der Waals surface area contributed by atoms with Gasteiger partial charge in [-0.15, -0.1) is 0 Å². The smallest absolute Gasteiger partial charge is 0.122 e. The van der Waals surface area contributed by atoms with Crippen molar-refractivity contribution in [2.24, 2.45) is 23.7 Å². The van der Waals surface area contributed by atoms with Crippen LogP contribution in [-0.4, -0.2) is 10.2 Å². The summed E-state index contributed by atoms with van der Waals surface area (Å²) in [5.41, 5.74) is 6.90. The highest BCUT2D eigenvalue weighted by atomic mass is 16.3. The Kier molecular flexibility index (Phi) is 5.43. The summed E-state index contributed by atoms with van der Waals surface area (Å²) in [7, 11) is 0. The first-order valence-electron chi connectivity index (χ1n) is 13.5. The molecule has 34 heavy (non-hydrogen) atoms. The molecule has 0 heterocycles. The number of phenolic OH excluding ortho intramolecular Hbond substituents is 2. The van der Waals surface area contributed by atoms with Crippen LogP contribution < -0.4 is 0 Å². The summed E-state index contributed by atoms with van der Waals surface area (Å²) in [6.45, 7) is 17.5. The minimum Gasteiger partial charge on any atom is -0.507 e. The fraction of sp³-hybridized carbons (Fsp3) is 0.625. The van der Waals surface area contributed by atoms with E-state index in [1.807, 2.05) is 0 Å². The molecule has 184 valence electrons. The van der Waals surface area contributed by atoms with Crippen molar-refractivity contribution in [2.45, 2.75) is 104 Å². The molecule has 0 saturated heterocycles. The maximum absolute atomic E-state index is 11.4. The lowest BCUT2D eigenvalue weighted by molar-refractivity contribution is 0.213. The minimum absolute atomic E-state index is 0.0718. The van der Waals surface area contributed by atoms with Crippen LogP contribution in [0.4, 0.5) is 0 Å². The fourth-order valence-electron chi connectivity index (χ4n) is 8.15. The summed E-state index contributed by atoms with van der Waals surface area (Å²) in [6, 6.07) is 8.87. The first kappa shape index (κ1) is 23.8. The van der Waals surface area contributed by atoms with E-state index in [1.54, 1.807) is 0 Å². The second-order valence-corrected chi connectivity index (χ2v) is 13.9. The zero-order chi connectivity index (χ0) is 24.7. The normalized spacial score (nSPS) is 30.7. The van der Waals surface area contributed by atoms with Crippen molar-refractivity contribution in [3.63, 3.8) is 0 Å². The van der Waals surface area contributed by atoms with E-state index in [-0.39, 0.29) is 10.8 Å². The molecule has 2 aromatic rings. The predicted octanol–water partition coefficient (Wildman–Crippen LogP) is 8.24. The molecule has 0 aliphatic heterocycles. The van der Waals surface area contributed by atoms with Crippen LogP contribution in [-0.2, 0) is 10.8 Å². The van der Waals surface area contributed by atoms with Crippen LogP contribution in [0.3, 0.4) is 0 Å². The summed E-state index contributed by atoms with van der Waals surface area (Å²) in [6.07, 6.45) is 4.97. The van der Waals surface area contributed by atoms with Gasteiger partial charge in [-0.2, -0.15) is 0 Å². The molecular weight excluding hydrogens is 416 g/mol. The van der Waals surface area contributed by atoms with Gasteiger partial charge >= 0.3 is 0 Å². The number of hydrogen-bond donors (Lipinski definition) is 2. The van der Waals surface area contributed by atoms with Crippen LogP contribution >= 0.6 is 0 Å². The molecule has 2 bridgehead atoms. The van der Waals surface area contributed by atoms with Crippen molar-refractivity contribution < 1.29 is 10.2 Å². The third kappa shape index (κ3) is 3.67. The van der Waals surface area contributed by atoms with Gasteiger partial charge < -0.3 is 10.2 Å². The van der Waals surface area contributed by atoms with E-state index in [1.165, 1.54) is 47.9 Å². The summed E-state index contributed by atoms with van der Waals surface area (Å²) in [5, 5.41) is 22.9. The topological polar surface area (TPSA) is 40.5 Å². The van der Waals surface area contributed by atoms with Crippen molar-refractivity contribution in [1.29, 1.82) is 0 Å².